The van der Waals surface area contributed by atoms with Crippen LogP contribution in [0.25, 0.3) is 0 Å². The van der Waals surface area contributed by atoms with Crippen LogP contribution in [0.15, 0.2) is 12.1 Å². The van der Waals surface area contributed by atoms with Crippen molar-refractivity contribution >= 4 is 0 Å². The quantitative estimate of drug-likeness (QED) is 0.796. The lowest BCUT2D eigenvalue weighted by Crippen LogP contribution is -2.24. The van der Waals surface area contributed by atoms with Gasteiger partial charge in [0.1, 0.15) is 5.75 Å². The van der Waals surface area contributed by atoms with E-state index in [1.165, 1.54) is 0 Å². The molecule has 0 aromatic carbocycles. The summed E-state index contributed by atoms with van der Waals surface area (Å²) in [5.74, 6) is 0.794. The van der Waals surface area contributed by atoms with Crippen molar-refractivity contribution < 1.29 is 9.84 Å². The number of aromatic nitrogens is 1. The molecule has 0 unspecified atom stereocenters. The molecule has 1 rings (SSSR count). The third-order valence-corrected chi connectivity index (χ3v) is 2.72. The Kier molecular flexibility index (Phi) is 5.76. The molecule has 0 aliphatic carbocycles. The number of aryl methyl sites for hydroxylation is 1. The number of aliphatic hydroxyl groups is 1. The van der Waals surface area contributed by atoms with Crippen molar-refractivity contribution in [2.45, 2.75) is 59.2 Å². The van der Waals surface area contributed by atoms with Crippen molar-refractivity contribution in [1.82, 2.24) is 10.3 Å². The van der Waals surface area contributed by atoms with Crippen LogP contribution >= 0.6 is 0 Å². The Morgan fingerprint density at radius 2 is 2.05 bits per heavy atom. The summed E-state index contributed by atoms with van der Waals surface area (Å²) in [7, 11) is 0. The fraction of sp³-hybridized carbons (Fsp3) is 0.667. The molecule has 0 spiro atoms. The summed E-state index contributed by atoms with van der Waals surface area (Å²) in [6.07, 6.45) is 0.595. The van der Waals surface area contributed by atoms with E-state index in [0.29, 0.717) is 25.6 Å². The molecule has 0 amide bonds. The molecule has 2 N–H and O–H groups in total. The Morgan fingerprint density at radius 1 is 1.37 bits per heavy atom. The fourth-order valence-electron chi connectivity index (χ4n) is 1.57. The minimum Gasteiger partial charge on any atom is -0.492 e. The van der Waals surface area contributed by atoms with Gasteiger partial charge in [0.2, 0.25) is 0 Å². The lowest BCUT2D eigenvalue weighted by atomic mass is 10.1. The smallest absolute Gasteiger partial charge is 0.142 e. The first-order chi connectivity index (χ1) is 8.78. The predicted molar refractivity (Wildman–Crippen MR) is 77.4 cm³/mol. The highest BCUT2D eigenvalue weighted by atomic mass is 16.5. The molecule has 1 aromatic heterocycles. The average molecular weight is 266 g/mol. The molecule has 108 valence electrons. The molecule has 1 heterocycles. The van der Waals surface area contributed by atoms with Gasteiger partial charge in [-0.2, -0.15) is 0 Å². The second kappa shape index (κ2) is 6.87. The summed E-state index contributed by atoms with van der Waals surface area (Å²) in [5.41, 5.74) is 1.20. The van der Waals surface area contributed by atoms with Crippen LogP contribution in [0.4, 0.5) is 0 Å². The van der Waals surface area contributed by atoms with E-state index >= 15 is 0 Å². The van der Waals surface area contributed by atoms with E-state index in [9.17, 15) is 5.11 Å². The van der Waals surface area contributed by atoms with E-state index in [2.05, 4.69) is 24.1 Å². The average Bonchev–Trinajstić information content (AvgIpc) is 2.27. The Morgan fingerprint density at radius 3 is 2.63 bits per heavy atom. The van der Waals surface area contributed by atoms with E-state index in [1.54, 1.807) is 13.8 Å². The van der Waals surface area contributed by atoms with Crippen molar-refractivity contribution in [2.24, 2.45) is 0 Å². The van der Waals surface area contributed by atoms with Gasteiger partial charge in [-0.1, -0.05) is 13.8 Å². The third kappa shape index (κ3) is 6.55. The maximum Gasteiger partial charge on any atom is 0.142 e. The molecule has 4 heteroatoms. The van der Waals surface area contributed by atoms with Gasteiger partial charge in [-0.3, -0.25) is 4.98 Å². The standard InChI is InChI=1S/C15H26N2O2/c1-11(2)16-10-13-14(7-6-12(3)17-13)19-9-8-15(4,5)18/h6-7,11,16,18H,8-10H2,1-5H3. The van der Waals surface area contributed by atoms with Gasteiger partial charge in [-0.05, 0) is 32.9 Å². The van der Waals surface area contributed by atoms with Crippen LogP contribution in [-0.4, -0.2) is 28.3 Å². The highest BCUT2D eigenvalue weighted by Gasteiger charge is 2.13. The Bertz CT molecular complexity index is 398. The van der Waals surface area contributed by atoms with Crippen LogP contribution in [-0.2, 0) is 6.54 Å². The van der Waals surface area contributed by atoms with E-state index in [0.717, 1.165) is 17.1 Å². The van der Waals surface area contributed by atoms with E-state index in [1.807, 2.05) is 19.1 Å². The van der Waals surface area contributed by atoms with Crippen molar-refractivity contribution in [2.75, 3.05) is 6.61 Å². The number of ether oxygens (including phenoxy) is 1. The lowest BCUT2D eigenvalue weighted by molar-refractivity contribution is 0.0551. The zero-order valence-electron chi connectivity index (χ0n) is 12.7. The zero-order valence-corrected chi connectivity index (χ0v) is 12.7. The van der Waals surface area contributed by atoms with Crippen LogP contribution in [0.5, 0.6) is 5.75 Å². The van der Waals surface area contributed by atoms with Gasteiger partial charge in [-0.15, -0.1) is 0 Å². The summed E-state index contributed by atoms with van der Waals surface area (Å²) in [6, 6.07) is 4.30. The van der Waals surface area contributed by atoms with Gasteiger partial charge in [0.25, 0.3) is 0 Å². The molecule has 1 aromatic rings. The van der Waals surface area contributed by atoms with Gasteiger partial charge < -0.3 is 15.2 Å². The molecule has 0 aliphatic rings. The van der Waals surface area contributed by atoms with Crippen molar-refractivity contribution in [3.63, 3.8) is 0 Å². The van der Waals surface area contributed by atoms with E-state index in [-0.39, 0.29) is 0 Å². The molecule has 0 saturated heterocycles. The highest BCUT2D eigenvalue weighted by molar-refractivity contribution is 5.29. The van der Waals surface area contributed by atoms with Gasteiger partial charge in [0.05, 0.1) is 17.9 Å². The minimum absolute atomic E-state index is 0.409. The molecule has 0 saturated carbocycles. The van der Waals surface area contributed by atoms with Crippen molar-refractivity contribution in [3.05, 3.63) is 23.5 Å². The second-order valence-corrected chi connectivity index (χ2v) is 5.84. The van der Waals surface area contributed by atoms with Crippen molar-refractivity contribution in [3.8, 4) is 5.75 Å². The monoisotopic (exact) mass is 266 g/mol. The maximum atomic E-state index is 9.68. The van der Waals surface area contributed by atoms with Crippen LogP contribution in [0, 0.1) is 6.92 Å². The summed E-state index contributed by atoms with van der Waals surface area (Å²) in [5, 5.41) is 13.0. The molecular formula is C15H26N2O2. The molecule has 0 radical (unpaired) electrons. The Hall–Kier alpha value is -1.13. The van der Waals surface area contributed by atoms with E-state index in [4.69, 9.17) is 4.74 Å². The number of nitrogens with one attached hydrogen (secondary N) is 1. The predicted octanol–water partition coefficient (Wildman–Crippen LogP) is 2.43. The number of hydrogen-bond donors (Lipinski definition) is 2. The molecule has 0 bridgehead atoms. The fourth-order valence-corrected chi connectivity index (χ4v) is 1.57. The van der Waals surface area contributed by atoms with Gasteiger partial charge in [0, 0.05) is 24.7 Å². The van der Waals surface area contributed by atoms with Crippen LogP contribution < -0.4 is 10.1 Å². The summed E-state index contributed by atoms with van der Waals surface area (Å²) < 4.78 is 5.74. The zero-order chi connectivity index (χ0) is 14.5. The Labute approximate surface area is 116 Å². The largest absolute Gasteiger partial charge is 0.492 e. The van der Waals surface area contributed by atoms with Crippen LogP contribution in [0.3, 0.4) is 0 Å². The topological polar surface area (TPSA) is 54.4 Å². The first-order valence-corrected chi connectivity index (χ1v) is 6.83. The molecule has 19 heavy (non-hydrogen) atoms. The summed E-state index contributed by atoms with van der Waals surface area (Å²) >= 11 is 0. The third-order valence-electron chi connectivity index (χ3n) is 2.72. The van der Waals surface area contributed by atoms with Gasteiger partial charge in [-0.25, -0.2) is 0 Å². The lowest BCUT2D eigenvalue weighted by Gasteiger charge is -2.18. The first-order valence-electron chi connectivity index (χ1n) is 6.83. The summed E-state index contributed by atoms with van der Waals surface area (Å²) in [6.45, 7) is 10.9. The van der Waals surface area contributed by atoms with E-state index < -0.39 is 5.60 Å². The number of nitrogens with zero attached hydrogens (tertiary/aromatic N) is 1. The van der Waals surface area contributed by atoms with Crippen LogP contribution in [0.2, 0.25) is 0 Å². The number of rotatable bonds is 7. The molecular weight excluding hydrogens is 240 g/mol. The van der Waals surface area contributed by atoms with Crippen molar-refractivity contribution in [1.29, 1.82) is 0 Å². The maximum absolute atomic E-state index is 9.68. The molecule has 0 fully saturated rings. The Balaban J connectivity index is 2.65. The normalized spacial score (nSPS) is 11.9. The molecule has 4 nitrogen and oxygen atoms in total. The van der Waals surface area contributed by atoms with Crippen LogP contribution in [0.1, 0.15) is 45.5 Å². The minimum atomic E-state index is -0.700. The first kappa shape index (κ1) is 15.9. The number of pyridine rings is 1. The number of hydrogen-bond acceptors (Lipinski definition) is 4. The van der Waals surface area contributed by atoms with Gasteiger partial charge in [0.15, 0.2) is 0 Å². The molecule has 0 aliphatic heterocycles. The highest BCUT2D eigenvalue weighted by Crippen LogP contribution is 2.18. The SMILES string of the molecule is Cc1ccc(OCCC(C)(C)O)c(CNC(C)C)n1. The summed E-state index contributed by atoms with van der Waals surface area (Å²) in [4.78, 5) is 4.51. The molecule has 0 atom stereocenters. The second-order valence-electron chi connectivity index (χ2n) is 5.84. The van der Waals surface area contributed by atoms with Gasteiger partial charge >= 0.3 is 0 Å².